The molecule has 11 heteroatoms. The fraction of sp³-hybridized carbons (Fsp3) is 0.556. The molecule has 0 aliphatic rings. The Morgan fingerprint density at radius 1 is 1.50 bits per heavy atom. The van der Waals surface area contributed by atoms with Crippen molar-refractivity contribution in [1.29, 1.82) is 0 Å². The van der Waals surface area contributed by atoms with Gasteiger partial charge < -0.3 is 16.2 Å². The first kappa shape index (κ1) is 15.9. The van der Waals surface area contributed by atoms with Crippen molar-refractivity contribution in [3.05, 3.63) is 11.9 Å². The van der Waals surface area contributed by atoms with Crippen molar-refractivity contribution in [2.24, 2.45) is 5.73 Å². The number of nitrogens with two attached hydrogens (primary N) is 1. The third kappa shape index (κ3) is 3.44. The van der Waals surface area contributed by atoms with Gasteiger partial charge in [-0.3, -0.25) is 4.79 Å². The molecule has 8 nitrogen and oxygen atoms in total. The van der Waals surface area contributed by atoms with Crippen LogP contribution in [0, 0.1) is 0 Å². The minimum Gasteiger partial charge on any atom is -0.476 e. The number of halogens is 3. The van der Waals surface area contributed by atoms with Crippen molar-refractivity contribution < 1.29 is 27.9 Å². The minimum absolute atomic E-state index is 0.0417. The van der Waals surface area contributed by atoms with E-state index in [0.717, 1.165) is 10.9 Å². The SMILES string of the molecule is CC(N)(C(=O)NCCn1cc(C(=O)O)nn1)C(F)(F)F. The molecule has 0 saturated carbocycles. The number of carboxylic acids is 1. The molecule has 0 aliphatic carbocycles. The maximum Gasteiger partial charge on any atom is 0.415 e. The zero-order chi connectivity index (χ0) is 15.6. The van der Waals surface area contributed by atoms with Gasteiger partial charge in [0.1, 0.15) is 0 Å². The molecule has 112 valence electrons. The number of aromatic nitrogens is 3. The zero-order valence-corrected chi connectivity index (χ0v) is 10.3. The average Bonchev–Trinajstić information content (AvgIpc) is 2.76. The topological polar surface area (TPSA) is 123 Å². The number of alkyl halides is 3. The largest absolute Gasteiger partial charge is 0.476 e. The smallest absolute Gasteiger partial charge is 0.415 e. The van der Waals surface area contributed by atoms with Crippen LogP contribution in [-0.4, -0.2) is 50.2 Å². The molecule has 1 atom stereocenters. The van der Waals surface area contributed by atoms with Crippen molar-refractivity contribution >= 4 is 11.9 Å². The van der Waals surface area contributed by atoms with E-state index in [4.69, 9.17) is 10.8 Å². The Kier molecular flexibility index (Phi) is 4.33. The van der Waals surface area contributed by atoms with Crippen molar-refractivity contribution in [3.63, 3.8) is 0 Å². The molecular formula is C9H12F3N5O3. The van der Waals surface area contributed by atoms with E-state index in [9.17, 15) is 22.8 Å². The summed E-state index contributed by atoms with van der Waals surface area (Å²) in [7, 11) is 0. The Morgan fingerprint density at radius 3 is 2.55 bits per heavy atom. The fourth-order valence-corrected chi connectivity index (χ4v) is 1.10. The van der Waals surface area contributed by atoms with Gasteiger partial charge in [0.2, 0.25) is 5.91 Å². The molecule has 0 saturated heterocycles. The van der Waals surface area contributed by atoms with Gasteiger partial charge >= 0.3 is 12.1 Å². The van der Waals surface area contributed by atoms with Gasteiger partial charge in [0.05, 0.1) is 12.7 Å². The Labute approximate surface area is 110 Å². The van der Waals surface area contributed by atoms with Crippen molar-refractivity contribution in [2.75, 3.05) is 6.54 Å². The summed E-state index contributed by atoms with van der Waals surface area (Å²) in [5.41, 5.74) is 1.60. The Hall–Kier alpha value is -2.17. The number of hydrogen-bond donors (Lipinski definition) is 3. The summed E-state index contributed by atoms with van der Waals surface area (Å²) < 4.78 is 38.4. The average molecular weight is 295 g/mol. The van der Waals surface area contributed by atoms with Gasteiger partial charge in [-0.05, 0) is 6.92 Å². The molecule has 1 heterocycles. The lowest BCUT2D eigenvalue weighted by molar-refractivity contribution is -0.187. The highest BCUT2D eigenvalue weighted by Gasteiger charge is 2.53. The first-order chi connectivity index (χ1) is 9.05. The normalized spacial score (nSPS) is 14.7. The predicted octanol–water partition coefficient (Wildman–Crippen LogP) is -0.628. The molecule has 1 rings (SSSR count). The third-order valence-corrected chi connectivity index (χ3v) is 2.44. The van der Waals surface area contributed by atoms with Gasteiger partial charge in [0, 0.05) is 6.54 Å². The van der Waals surface area contributed by atoms with E-state index >= 15 is 0 Å². The highest BCUT2D eigenvalue weighted by molar-refractivity contribution is 5.86. The molecule has 1 unspecified atom stereocenters. The first-order valence-corrected chi connectivity index (χ1v) is 5.33. The van der Waals surface area contributed by atoms with Gasteiger partial charge in [-0.1, -0.05) is 5.21 Å². The molecule has 0 bridgehead atoms. The lowest BCUT2D eigenvalue weighted by Crippen LogP contribution is -2.61. The quantitative estimate of drug-likeness (QED) is 0.664. The van der Waals surface area contributed by atoms with Gasteiger partial charge in [-0.2, -0.15) is 13.2 Å². The summed E-state index contributed by atoms with van der Waals surface area (Å²) in [4.78, 5) is 21.8. The van der Waals surface area contributed by atoms with Crippen LogP contribution in [0.5, 0.6) is 0 Å². The third-order valence-electron chi connectivity index (χ3n) is 2.44. The number of hydrogen-bond acceptors (Lipinski definition) is 5. The van der Waals surface area contributed by atoms with Crippen molar-refractivity contribution in [3.8, 4) is 0 Å². The summed E-state index contributed by atoms with van der Waals surface area (Å²) >= 11 is 0. The number of nitrogens with zero attached hydrogens (tertiary/aromatic N) is 3. The summed E-state index contributed by atoms with van der Waals surface area (Å²) in [5.74, 6) is -2.67. The fourth-order valence-electron chi connectivity index (χ4n) is 1.10. The zero-order valence-electron chi connectivity index (χ0n) is 10.3. The summed E-state index contributed by atoms with van der Waals surface area (Å²) in [6.45, 7) is 0.310. The summed E-state index contributed by atoms with van der Waals surface area (Å²) in [6, 6.07) is 0. The molecule has 1 aromatic heterocycles. The Morgan fingerprint density at radius 2 is 2.10 bits per heavy atom. The Balaban J connectivity index is 2.52. The van der Waals surface area contributed by atoms with Crippen LogP contribution in [0.3, 0.4) is 0 Å². The molecule has 1 amide bonds. The summed E-state index contributed by atoms with van der Waals surface area (Å²) in [5, 5.41) is 17.3. The highest BCUT2D eigenvalue weighted by Crippen LogP contribution is 2.27. The van der Waals surface area contributed by atoms with Crippen molar-refractivity contribution in [2.45, 2.75) is 25.2 Å². The molecule has 0 fully saturated rings. The molecule has 20 heavy (non-hydrogen) atoms. The number of carbonyl (C=O) groups excluding carboxylic acids is 1. The lowest BCUT2D eigenvalue weighted by atomic mass is 10.0. The van der Waals surface area contributed by atoms with Gasteiger partial charge in [0.15, 0.2) is 11.2 Å². The van der Waals surface area contributed by atoms with E-state index < -0.39 is 23.6 Å². The summed E-state index contributed by atoms with van der Waals surface area (Å²) in [6.07, 6.45) is -3.79. The second-order valence-corrected chi connectivity index (χ2v) is 4.13. The molecular weight excluding hydrogens is 283 g/mol. The van der Waals surface area contributed by atoms with Crippen LogP contribution in [0.1, 0.15) is 17.4 Å². The number of carbonyl (C=O) groups is 2. The number of carboxylic acid groups (broad SMARTS) is 1. The van der Waals surface area contributed by atoms with Crippen LogP contribution in [0.25, 0.3) is 0 Å². The monoisotopic (exact) mass is 295 g/mol. The number of rotatable bonds is 5. The van der Waals surface area contributed by atoms with E-state index in [1.54, 1.807) is 0 Å². The lowest BCUT2D eigenvalue weighted by Gasteiger charge is -2.26. The van der Waals surface area contributed by atoms with Gasteiger partial charge in [-0.25, -0.2) is 9.48 Å². The maximum atomic E-state index is 12.4. The van der Waals surface area contributed by atoms with Crippen LogP contribution in [0.15, 0.2) is 6.20 Å². The van der Waals surface area contributed by atoms with Crippen molar-refractivity contribution in [1.82, 2.24) is 20.3 Å². The Bertz CT molecular complexity index is 511. The number of amides is 1. The van der Waals surface area contributed by atoms with Crippen LogP contribution in [-0.2, 0) is 11.3 Å². The second-order valence-electron chi connectivity index (χ2n) is 4.13. The van der Waals surface area contributed by atoms with Crippen LogP contribution in [0.2, 0.25) is 0 Å². The van der Waals surface area contributed by atoms with E-state index in [1.807, 2.05) is 5.32 Å². The molecule has 0 radical (unpaired) electrons. The molecule has 4 N–H and O–H groups in total. The van der Waals surface area contributed by atoms with E-state index in [0.29, 0.717) is 6.92 Å². The van der Waals surface area contributed by atoms with E-state index in [-0.39, 0.29) is 18.8 Å². The van der Waals surface area contributed by atoms with Gasteiger partial charge in [-0.15, -0.1) is 5.10 Å². The van der Waals surface area contributed by atoms with Crippen LogP contribution >= 0.6 is 0 Å². The van der Waals surface area contributed by atoms with E-state index in [1.165, 1.54) is 0 Å². The molecule has 0 aliphatic heterocycles. The molecule has 0 aromatic carbocycles. The maximum absolute atomic E-state index is 12.4. The first-order valence-electron chi connectivity index (χ1n) is 5.33. The standard InChI is InChI=1S/C9H12F3N5O3/c1-8(13,9(10,11)12)7(20)14-2-3-17-4-5(6(18)19)15-16-17/h4H,2-3,13H2,1H3,(H,14,20)(H,18,19). The number of nitrogens with one attached hydrogen (secondary N) is 1. The molecule has 0 spiro atoms. The second kappa shape index (κ2) is 5.45. The number of aromatic carboxylic acids is 1. The van der Waals surface area contributed by atoms with Crippen LogP contribution < -0.4 is 11.1 Å². The van der Waals surface area contributed by atoms with Gasteiger partial charge in [0.25, 0.3) is 0 Å². The predicted molar refractivity (Wildman–Crippen MR) is 58.6 cm³/mol. The minimum atomic E-state index is -4.87. The molecule has 1 aromatic rings. The van der Waals surface area contributed by atoms with E-state index in [2.05, 4.69) is 10.3 Å². The highest BCUT2D eigenvalue weighted by atomic mass is 19.4. The van der Waals surface area contributed by atoms with Crippen LogP contribution in [0.4, 0.5) is 13.2 Å².